The molecule has 9 heteroatoms. The highest BCUT2D eigenvalue weighted by atomic mass is 35.5. The number of hydrogen-bond acceptors (Lipinski definition) is 5. The van der Waals surface area contributed by atoms with Crippen LogP contribution in [-0.4, -0.2) is 26.6 Å². The molecule has 2 atom stereocenters. The van der Waals surface area contributed by atoms with Crippen LogP contribution >= 0.6 is 23.2 Å². The second-order valence-corrected chi connectivity index (χ2v) is 8.23. The summed E-state index contributed by atoms with van der Waals surface area (Å²) < 4.78 is 1.74. The van der Waals surface area contributed by atoms with E-state index in [1.54, 1.807) is 4.68 Å². The van der Waals surface area contributed by atoms with E-state index in [0.717, 1.165) is 16.0 Å². The van der Waals surface area contributed by atoms with Crippen LogP contribution in [0.1, 0.15) is 42.5 Å². The molecular formula is C21H17Cl2N5O2. The van der Waals surface area contributed by atoms with Crippen molar-refractivity contribution >= 4 is 46.9 Å². The molecule has 5 rings (SSSR count). The number of amides is 2. The Morgan fingerprint density at radius 1 is 0.867 bits per heavy atom. The molecule has 0 unspecified atom stereocenters. The summed E-state index contributed by atoms with van der Waals surface area (Å²) in [4.78, 5) is 29.9. The number of imide groups is 1. The molecule has 1 aromatic heterocycles. The maximum Gasteiger partial charge on any atom is 0.260 e. The molecule has 1 fully saturated rings. The average molecular weight is 442 g/mol. The zero-order valence-electron chi connectivity index (χ0n) is 15.8. The van der Waals surface area contributed by atoms with Gasteiger partial charge in [0.25, 0.3) is 5.95 Å². The fourth-order valence-corrected chi connectivity index (χ4v) is 4.19. The Bertz CT molecular complexity index is 1110. The smallest absolute Gasteiger partial charge is 0.260 e. The lowest BCUT2D eigenvalue weighted by Crippen LogP contribution is -2.30. The normalized spacial score (nSPS) is 20.9. The van der Waals surface area contributed by atoms with E-state index < -0.39 is 0 Å². The Kier molecular flexibility index (Phi) is 4.72. The van der Waals surface area contributed by atoms with Gasteiger partial charge in [0.2, 0.25) is 17.8 Å². The molecule has 2 aliphatic rings. The number of halogens is 2. The monoisotopic (exact) mass is 441 g/mol. The number of anilines is 2. The molecule has 0 bridgehead atoms. The minimum atomic E-state index is -0.278. The van der Waals surface area contributed by atoms with Gasteiger partial charge in [-0.05, 0) is 41.8 Å². The predicted octanol–water partition coefficient (Wildman–Crippen LogP) is 4.38. The Morgan fingerprint density at radius 2 is 1.43 bits per heavy atom. The molecule has 2 aliphatic heterocycles. The number of nitrogens with zero attached hydrogens (tertiary/aromatic N) is 4. The SMILES string of the molecule is O=C1CCC(=O)N1c1nc2n(n1)[C@@H](c1ccc(Cl)cc1)C[C@H](c1ccc(Cl)cc1)N2. The zero-order chi connectivity index (χ0) is 20.8. The molecule has 7 nitrogen and oxygen atoms in total. The van der Waals surface area contributed by atoms with Crippen LogP contribution in [0.25, 0.3) is 0 Å². The van der Waals surface area contributed by atoms with Crippen LogP contribution in [0.4, 0.5) is 11.9 Å². The number of carbonyl (C=O) groups excluding carboxylic acids is 2. The predicted molar refractivity (Wildman–Crippen MR) is 114 cm³/mol. The summed E-state index contributed by atoms with van der Waals surface area (Å²) in [6.45, 7) is 0. The molecule has 2 aromatic carbocycles. The van der Waals surface area contributed by atoms with Crippen LogP contribution in [0.2, 0.25) is 10.0 Å². The van der Waals surface area contributed by atoms with Crippen molar-refractivity contribution in [2.24, 2.45) is 0 Å². The summed E-state index contributed by atoms with van der Waals surface area (Å²) >= 11 is 12.1. The van der Waals surface area contributed by atoms with Crippen molar-refractivity contribution in [1.29, 1.82) is 0 Å². The summed E-state index contributed by atoms with van der Waals surface area (Å²) in [6.07, 6.45) is 1.06. The van der Waals surface area contributed by atoms with Gasteiger partial charge in [-0.1, -0.05) is 47.5 Å². The van der Waals surface area contributed by atoms with E-state index in [0.29, 0.717) is 22.4 Å². The van der Waals surface area contributed by atoms with Crippen molar-refractivity contribution in [3.63, 3.8) is 0 Å². The lowest BCUT2D eigenvalue weighted by atomic mass is 9.93. The standard InChI is InChI=1S/C21H17Cl2N5O2/c22-14-5-1-12(2-6-14)16-11-17(13-3-7-15(23)8-4-13)28-20(24-16)25-21(26-28)27-18(29)9-10-19(27)30/h1-8,16-17H,9-11H2,(H,24,25,26)/t16-,17-/m1/s1. The van der Waals surface area contributed by atoms with E-state index in [1.807, 2.05) is 48.5 Å². The first-order valence-corrected chi connectivity index (χ1v) is 10.3. The minimum absolute atomic E-state index is 0.0440. The molecule has 1 N–H and O–H groups in total. The summed E-state index contributed by atoms with van der Waals surface area (Å²) in [5, 5.41) is 9.23. The molecule has 30 heavy (non-hydrogen) atoms. The molecular weight excluding hydrogens is 425 g/mol. The van der Waals surface area contributed by atoms with Crippen LogP contribution in [0.5, 0.6) is 0 Å². The zero-order valence-corrected chi connectivity index (χ0v) is 17.3. The third-order valence-corrected chi connectivity index (χ3v) is 5.96. The molecule has 2 amide bonds. The summed E-state index contributed by atoms with van der Waals surface area (Å²) in [6, 6.07) is 15.0. The van der Waals surface area contributed by atoms with Crippen molar-refractivity contribution < 1.29 is 9.59 Å². The lowest BCUT2D eigenvalue weighted by Gasteiger charge is -2.31. The molecule has 1 saturated heterocycles. The van der Waals surface area contributed by atoms with Crippen molar-refractivity contribution in [3.05, 3.63) is 69.7 Å². The van der Waals surface area contributed by atoms with Crippen LogP contribution in [-0.2, 0) is 9.59 Å². The summed E-state index contributed by atoms with van der Waals surface area (Å²) in [7, 11) is 0. The van der Waals surface area contributed by atoms with Crippen LogP contribution in [0.15, 0.2) is 48.5 Å². The quantitative estimate of drug-likeness (QED) is 0.609. The largest absolute Gasteiger partial charge is 0.347 e. The fourth-order valence-electron chi connectivity index (χ4n) is 3.94. The lowest BCUT2D eigenvalue weighted by molar-refractivity contribution is -0.121. The van der Waals surface area contributed by atoms with Gasteiger partial charge in [-0.15, -0.1) is 5.10 Å². The first-order valence-electron chi connectivity index (χ1n) is 9.59. The number of benzene rings is 2. The maximum absolute atomic E-state index is 12.2. The third-order valence-electron chi connectivity index (χ3n) is 5.46. The van der Waals surface area contributed by atoms with Gasteiger partial charge in [0.15, 0.2) is 0 Å². The van der Waals surface area contributed by atoms with Crippen molar-refractivity contribution in [1.82, 2.24) is 14.8 Å². The van der Waals surface area contributed by atoms with Gasteiger partial charge in [0, 0.05) is 22.9 Å². The summed E-state index contributed by atoms with van der Waals surface area (Å²) in [5.74, 6) is 0.0600. The van der Waals surface area contributed by atoms with E-state index in [4.69, 9.17) is 23.2 Å². The highest BCUT2D eigenvalue weighted by Crippen LogP contribution is 2.39. The molecule has 3 heterocycles. The van der Waals surface area contributed by atoms with Gasteiger partial charge in [-0.2, -0.15) is 4.98 Å². The van der Waals surface area contributed by atoms with E-state index >= 15 is 0 Å². The fraction of sp³-hybridized carbons (Fsp3) is 0.238. The molecule has 0 spiro atoms. The number of rotatable bonds is 3. The number of carbonyl (C=O) groups is 2. The molecule has 0 radical (unpaired) electrons. The highest BCUT2D eigenvalue weighted by Gasteiger charge is 2.37. The minimum Gasteiger partial charge on any atom is -0.347 e. The van der Waals surface area contributed by atoms with Crippen LogP contribution < -0.4 is 10.2 Å². The number of nitrogens with one attached hydrogen (secondary N) is 1. The summed E-state index contributed by atoms with van der Waals surface area (Å²) in [5.41, 5.74) is 2.07. The Labute approximate surface area is 182 Å². The van der Waals surface area contributed by atoms with Gasteiger partial charge < -0.3 is 5.32 Å². The maximum atomic E-state index is 12.2. The third kappa shape index (κ3) is 3.34. The van der Waals surface area contributed by atoms with Gasteiger partial charge in [-0.3, -0.25) is 9.59 Å². The van der Waals surface area contributed by atoms with Gasteiger partial charge in [-0.25, -0.2) is 9.58 Å². The van der Waals surface area contributed by atoms with Crippen molar-refractivity contribution in [2.45, 2.75) is 31.3 Å². The number of aromatic nitrogens is 3. The van der Waals surface area contributed by atoms with Crippen molar-refractivity contribution in [3.8, 4) is 0 Å². The van der Waals surface area contributed by atoms with E-state index in [1.165, 1.54) is 0 Å². The van der Waals surface area contributed by atoms with Gasteiger partial charge in [0.05, 0.1) is 12.1 Å². The van der Waals surface area contributed by atoms with E-state index in [2.05, 4.69) is 15.4 Å². The number of hydrogen-bond donors (Lipinski definition) is 1. The molecule has 0 aliphatic carbocycles. The van der Waals surface area contributed by atoms with Crippen LogP contribution in [0.3, 0.4) is 0 Å². The topological polar surface area (TPSA) is 80.1 Å². The Hall–Kier alpha value is -2.90. The first kappa shape index (κ1) is 19.1. The number of fused-ring (bicyclic) bond motifs is 1. The van der Waals surface area contributed by atoms with Gasteiger partial charge in [0.1, 0.15) is 0 Å². The first-order chi connectivity index (χ1) is 14.5. The Balaban J connectivity index is 1.57. The van der Waals surface area contributed by atoms with Gasteiger partial charge >= 0.3 is 0 Å². The molecule has 152 valence electrons. The van der Waals surface area contributed by atoms with Crippen molar-refractivity contribution in [2.75, 3.05) is 10.2 Å². The molecule has 0 saturated carbocycles. The van der Waals surface area contributed by atoms with E-state index in [9.17, 15) is 9.59 Å². The second-order valence-electron chi connectivity index (χ2n) is 7.35. The van der Waals surface area contributed by atoms with E-state index in [-0.39, 0.29) is 42.7 Å². The Morgan fingerprint density at radius 3 is 2.03 bits per heavy atom. The highest BCUT2D eigenvalue weighted by molar-refractivity contribution is 6.30. The van der Waals surface area contributed by atoms with Crippen LogP contribution in [0, 0.1) is 0 Å². The average Bonchev–Trinajstić information content (AvgIpc) is 3.30. The molecule has 3 aromatic rings. The second kappa shape index (κ2) is 7.41.